The summed E-state index contributed by atoms with van der Waals surface area (Å²) in [6.07, 6.45) is 72.8. The first-order valence-electron chi connectivity index (χ1n) is 30.6. The van der Waals surface area contributed by atoms with Crippen LogP contribution in [0.15, 0.2) is 72.9 Å². The van der Waals surface area contributed by atoms with Crippen molar-refractivity contribution in [3.63, 3.8) is 0 Å². The average molecular weight is 1060 g/mol. The summed E-state index contributed by atoms with van der Waals surface area (Å²) in [5, 5.41) is 0. The fraction of sp³-hybridized carbons (Fsp3) is 0.781. The zero-order valence-corrected chi connectivity index (χ0v) is 49.7. The van der Waals surface area contributed by atoms with E-state index in [1.807, 2.05) is 21.1 Å². The number of esters is 2. The van der Waals surface area contributed by atoms with E-state index in [2.05, 4.69) is 86.8 Å². The lowest BCUT2D eigenvalue weighted by molar-refractivity contribution is -0.870. The third-order valence-corrected chi connectivity index (χ3v) is 14.2. The summed E-state index contributed by atoms with van der Waals surface area (Å²) in [4.78, 5) is 37.7. The van der Waals surface area contributed by atoms with Gasteiger partial charge < -0.3 is 27.9 Å². The molecule has 0 radical (unpaired) electrons. The molecule has 0 spiro atoms. The molecule has 0 amide bonds. The molecule has 2 atom stereocenters. The smallest absolute Gasteiger partial charge is 0.306 e. The first-order valence-corrected chi connectivity index (χ1v) is 32.1. The number of carbonyl (C=O) groups is 2. The molecule has 0 rings (SSSR count). The topological polar surface area (TPSA) is 111 Å². The van der Waals surface area contributed by atoms with Gasteiger partial charge >= 0.3 is 11.9 Å². The highest BCUT2D eigenvalue weighted by Gasteiger charge is 2.22. The summed E-state index contributed by atoms with van der Waals surface area (Å²) in [7, 11) is 1.17. The van der Waals surface area contributed by atoms with Gasteiger partial charge in [0.25, 0.3) is 7.82 Å². The van der Waals surface area contributed by atoms with E-state index in [1.165, 1.54) is 141 Å². The number of nitrogens with zero attached hydrogens (tertiary/aromatic N) is 1. The average Bonchev–Trinajstić information content (AvgIpc) is 3.36. The molecular weight excluding hydrogens is 942 g/mol. The van der Waals surface area contributed by atoms with E-state index in [9.17, 15) is 19.0 Å². The van der Waals surface area contributed by atoms with E-state index >= 15 is 0 Å². The Morgan fingerprint density at radius 2 is 0.770 bits per heavy atom. The Morgan fingerprint density at radius 1 is 0.432 bits per heavy atom. The normalized spacial score (nSPS) is 13.8. The minimum absolute atomic E-state index is 0.0318. The molecule has 0 saturated carbocycles. The van der Waals surface area contributed by atoms with E-state index in [4.69, 9.17) is 18.5 Å². The molecule has 0 heterocycles. The molecule has 2 unspecified atom stereocenters. The highest BCUT2D eigenvalue weighted by molar-refractivity contribution is 7.45. The Morgan fingerprint density at radius 3 is 1.16 bits per heavy atom. The van der Waals surface area contributed by atoms with Gasteiger partial charge in [0, 0.05) is 12.8 Å². The molecule has 0 aliphatic rings. The molecular formula is C64H116NO8P. The van der Waals surface area contributed by atoms with E-state index in [-0.39, 0.29) is 26.1 Å². The Balaban J connectivity index is 3.88. The number of hydrogen-bond acceptors (Lipinski definition) is 8. The van der Waals surface area contributed by atoms with Gasteiger partial charge in [0.1, 0.15) is 19.8 Å². The highest BCUT2D eigenvalue weighted by atomic mass is 31.2. The first-order chi connectivity index (χ1) is 36.0. The standard InChI is InChI=1S/C64H116NO8P/c1-6-8-10-12-14-16-18-19-20-21-22-23-24-25-26-27-28-29-30-31-32-33-34-35-36-37-38-39-40-41-42-43-44-45-47-49-51-53-55-57-64(67)73-62(61-72-74(68,69)71-59-58-65(3,4)5)60-70-63(66)56-54-52-50-48-46-17-15-13-11-9-7-2/h8,10,13-16,19-20,22-23,25-26,62H,6-7,9,11-12,17-18,21,24,27-61H2,1-5H3/b10-8-,15-13-,16-14-,20-19-,23-22-,26-25-. The predicted molar refractivity (Wildman–Crippen MR) is 314 cm³/mol. The molecule has 0 aromatic carbocycles. The number of quaternary nitrogens is 1. The van der Waals surface area contributed by atoms with Crippen molar-refractivity contribution in [2.75, 3.05) is 47.5 Å². The summed E-state index contributed by atoms with van der Waals surface area (Å²) in [5.41, 5.74) is 0. The maximum atomic E-state index is 12.8. The monoisotopic (exact) mass is 1060 g/mol. The molecule has 0 fully saturated rings. The van der Waals surface area contributed by atoms with Crippen molar-refractivity contribution in [1.29, 1.82) is 0 Å². The van der Waals surface area contributed by atoms with Gasteiger partial charge in [-0.3, -0.25) is 14.2 Å². The second-order valence-corrected chi connectivity index (χ2v) is 23.1. The van der Waals surface area contributed by atoms with Crippen molar-refractivity contribution in [2.24, 2.45) is 0 Å². The van der Waals surface area contributed by atoms with E-state index in [0.717, 1.165) is 96.3 Å². The predicted octanol–water partition coefficient (Wildman–Crippen LogP) is 18.6. The Labute approximate surface area is 457 Å². The minimum Gasteiger partial charge on any atom is -0.756 e. The molecule has 74 heavy (non-hydrogen) atoms. The van der Waals surface area contributed by atoms with Gasteiger partial charge in [-0.15, -0.1) is 0 Å². The van der Waals surface area contributed by atoms with Crippen LogP contribution in [0.5, 0.6) is 0 Å². The number of ether oxygens (including phenoxy) is 2. The lowest BCUT2D eigenvalue weighted by Gasteiger charge is -2.28. The maximum Gasteiger partial charge on any atom is 0.306 e. The number of likely N-dealkylation sites (N-methyl/N-ethyl adjacent to an activating group) is 1. The van der Waals surface area contributed by atoms with Gasteiger partial charge in [-0.2, -0.15) is 0 Å². The summed E-state index contributed by atoms with van der Waals surface area (Å²) in [5.74, 6) is -0.837. The molecule has 0 aromatic rings. The fourth-order valence-corrected chi connectivity index (χ4v) is 9.22. The third-order valence-electron chi connectivity index (χ3n) is 13.2. The number of phosphoric ester groups is 1. The molecule has 430 valence electrons. The fourth-order valence-electron chi connectivity index (χ4n) is 8.49. The van der Waals surface area contributed by atoms with Crippen LogP contribution >= 0.6 is 7.82 Å². The van der Waals surface area contributed by atoms with Crippen LogP contribution in [0.25, 0.3) is 0 Å². The van der Waals surface area contributed by atoms with Crippen LogP contribution in [-0.2, 0) is 32.7 Å². The van der Waals surface area contributed by atoms with Gasteiger partial charge in [-0.25, -0.2) is 0 Å². The number of unbranched alkanes of at least 4 members (excludes halogenated alkanes) is 30. The van der Waals surface area contributed by atoms with E-state index in [1.54, 1.807) is 0 Å². The summed E-state index contributed by atoms with van der Waals surface area (Å²) in [6.45, 7) is 4.09. The van der Waals surface area contributed by atoms with Gasteiger partial charge in [0.05, 0.1) is 27.7 Å². The van der Waals surface area contributed by atoms with Crippen molar-refractivity contribution in [3.05, 3.63) is 72.9 Å². The quantitative estimate of drug-likeness (QED) is 0.0195. The van der Waals surface area contributed by atoms with Crippen molar-refractivity contribution >= 4 is 19.8 Å². The lowest BCUT2D eigenvalue weighted by atomic mass is 10.0. The van der Waals surface area contributed by atoms with Gasteiger partial charge in [0.15, 0.2) is 6.10 Å². The van der Waals surface area contributed by atoms with Crippen LogP contribution in [0, 0.1) is 0 Å². The van der Waals surface area contributed by atoms with Gasteiger partial charge in [-0.05, 0) is 77.0 Å². The summed E-state index contributed by atoms with van der Waals surface area (Å²) in [6, 6.07) is 0. The number of rotatable bonds is 56. The van der Waals surface area contributed by atoms with Crippen LogP contribution in [-0.4, -0.2) is 70.0 Å². The third kappa shape index (κ3) is 58.7. The second-order valence-electron chi connectivity index (χ2n) is 21.7. The van der Waals surface area contributed by atoms with Gasteiger partial charge in [0.2, 0.25) is 0 Å². The largest absolute Gasteiger partial charge is 0.756 e. The molecule has 0 aliphatic carbocycles. The van der Waals surface area contributed by atoms with Crippen LogP contribution in [0.4, 0.5) is 0 Å². The number of hydrogen-bond donors (Lipinski definition) is 0. The highest BCUT2D eigenvalue weighted by Crippen LogP contribution is 2.38. The molecule has 9 nitrogen and oxygen atoms in total. The molecule has 0 bridgehead atoms. The summed E-state index contributed by atoms with van der Waals surface area (Å²) < 4.78 is 34.1. The van der Waals surface area contributed by atoms with E-state index < -0.39 is 32.5 Å². The van der Waals surface area contributed by atoms with Crippen LogP contribution in [0.2, 0.25) is 0 Å². The van der Waals surface area contributed by atoms with E-state index in [0.29, 0.717) is 17.4 Å². The number of carbonyl (C=O) groups excluding carboxylic acids is 2. The lowest BCUT2D eigenvalue weighted by Crippen LogP contribution is -2.37. The van der Waals surface area contributed by atoms with Crippen molar-refractivity contribution in [2.45, 2.75) is 277 Å². The summed E-state index contributed by atoms with van der Waals surface area (Å²) >= 11 is 0. The molecule has 10 heteroatoms. The van der Waals surface area contributed by atoms with Crippen LogP contribution in [0.3, 0.4) is 0 Å². The maximum absolute atomic E-state index is 12.8. The zero-order chi connectivity index (χ0) is 54.2. The van der Waals surface area contributed by atoms with Gasteiger partial charge in [-0.1, -0.05) is 254 Å². The number of allylic oxidation sites excluding steroid dienone is 12. The Bertz CT molecular complexity index is 1480. The number of phosphoric acid groups is 1. The van der Waals surface area contributed by atoms with Crippen molar-refractivity contribution in [1.82, 2.24) is 0 Å². The molecule has 0 aliphatic heterocycles. The van der Waals surface area contributed by atoms with Crippen LogP contribution in [0.1, 0.15) is 271 Å². The first kappa shape index (κ1) is 71.5. The molecule has 0 aromatic heterocycles. The second kappa shape index (κ2) is 55.2. The van der Waals surface area contributed by atoms with Crippen LogP contribution < -0.4 is 4.89 Å². The Kier molecular flexibility index (Phi) is 53.3. The van der Waals surface area contributed by atoms with Crippen molar-refractivity contribution < 1.29 is 42.1 Å². The zero-order valence-electron chi connectivity index (χ0n) is 48.8. The molecule has 0 N–H and O–H groups in total. The molecule has 0 saturated heterocycles. The SMILES string of the molecule is CC/C=C\C/C=C\C/C=C\C/C=C\C/C=C\CCCCCCCCCCCCCCCCCCCCCCCCCC(=O)OC(COC(=O)CCCCCCC/C=C\CCCC)COP(=O)([O-])OCC[N+](C)(C)C. The van der Waals surface area contributed by atoms with Crippen molar-refractivity contribution in [3.8, 4) is 0 Å². The minimum atomic E-state index is -4.63. The Hall–Kier alpha value is -2.55.